The van der Waals surface area contributed by atoms with E-state index in [-0.39, 0.29) is 17.2 Å². The summed E-state index contributed by atoms with van der Waals surface area (Å²) in [5.41, 5.74) is 1.35. The van der Waals surface area contributed by atoms with Crippen molar-refractivity contribution in [1.82, 2.24) is 5.32 Å². The first-order valence-corrected chi connectivity index (χ1v) is 9.19. The number of nitrogens with one attached hydrogen (secondary N) is 1. The molecule has 1 aromatic rings. The van der Waals surface area contributed by atoms with Gasteiger partial charge in [-0.3, -0.25) is 4.79 Å². The summed E-state index contributed by atoms with van der Waals surface area (Å²) in [7, 11) is 0. The number of benzene rings is 1. The summed E-state index contributed by atoms with van der Waals surface area (Å²) in [5, 5.41) is 4.17. The fourth-order valence-electron chi connectivity index (χ4n) is 2.46. The lowest BCUT2D eigenvalue weighted by atomic mass is 9.88. The van der Waals surface area contributed by atoms with Crippen LogP contribution in [0.3, 0.4) is 0 Å². The second-order valence-electron chi connectivity index (χ2n) is 6.08. The highest BCUT2D eigenvalue weighted by Crippen LogP contribution is 2.39. The van der Waals surface area contributed by atoms with E-state index in [1.807, 2.05) is 12.1 Å². The molecule has 1 atom stereocenters. The Balaban J connectivity index is 1.90. The van der Waals surface area contributed by atoms with Crippen LogP contribution < -0.4 is 5.32 Å². The van der Waals surface area contributed by atoms with Gasteiger partial charge in [-0.2, -0.15) is 0 Å². The number of thioether (sulfide) groups is 1. The summed E-state index contributed by atoms with van der Waals surface area (Å²) in [5.74, 6) is 1.06. The van der Waals surface area contributed by atoms with Crippen LogP contribution in [0, 0.1) is 5.41 Å². The summed E-state index contributed by atoms with van der Waals surface area (Å²) in [6.45, 7) is 5.18. The molecule has 1 unspecified atom stereocenters. The molecule has 0 aromatic heterocycles. The Morgan fingerprint density at radius 1 is 1.45 bits per heavy atom. The van der Waals surface area contributed by atoms with Gasteiger partial charge in [-0.05, 0) is 29.9 Å². The molecule has 1 aliphatic rings. The third-order valence-corrected chi connectivity index (χ3v) is 5.49. The standard InChI is InChI=1S/C16H22BrNOS/c1-16(2,8-5-9-17)11-18-15(19)13-10-20-14-7-4-3-6-12(13)14/h3-4,6-7,13H,5,8-11H2,1-2H3,(H,18,19). The van der Waals surface area contributed by atoms with Gasteiger partial charge in [0.15, 0.2) is 0 Å². The summed E-state index contributed by atoms with van der Waals surface area (Å²) in [6.07, 6.45) is 2.26. The smallest absolute Gasteiger partial charge is 0.228 e. The first-order valence-electron chi connectivity index (χ1n) is 7.09. The number of halogens is 1. The molecule has 2 nitrogen and oxygen atoms in total. The van der Waals surface area contributed by atoms with Crippen molar-refractivity contribution in [2.45, 2.75) is 37.5 Å². The van der Waals surface area contributed by atoms with E-state index < -0.39 is 0 Å². The molecule has 0 fully saturated rings. The predicted octanol–water partition coefficient (Wildman–Crippen LogP) is 4.19. The highest BCUT2D eigenvalue weighted by Gasteiger charge is 2.29. The summed E-state index contributed by atoms with van der Waals surface area (Å²) in [6, 6.07) is 8.24. The van der Waals surface area contributed by atoms with Crippen LogP contribution in [0.1, 0.15) is 38.2 Å². The lowest BCUT2D eigenvalue weighted by Crippen LogP contribution is -2.37. The maximum atomic E-state index is 12.4. The van der Waals surface area contributed by atoms with Gasteiger partial charge in [-0.1, -0.05) is 48.0 Å². The van der Waals surface area contributed by atoms with Crippen LogP contribution in [0.5, 0.6) is 0 Å². The number of alkyl halides is 1. The van der Waals surface area contributed by atoms with E-state index in [1.54, 1.807) is 11.8 Å². The minimum absolute atomic E-state index is 0.0168. The van der Waals surface area contributed by atoms with Crippen molar-refractivity contribution in [2.75, 3.05) is 17.6 Å². The highest BCUT2D eigenvalue weighted by molar-refractivity contribution is 9.09. The molecule has 0 spiro atoms. The molecule has 110 valence electrons. The van der Waals surface area contributed by atoms with Crippen molar-refractivity contribution in [3.05, 3.63) is 29.8 Å². The molecule has 2 rings (SSSR count). The highest BCUT2D eigenvalue weighted by atomic mass is 79.9. The van der Waals surface area contributed by atoms with Crippen LogP contribution in [0.4, 0.5) is 0 Å². The largest absolute Gasteiger partial charge is 0.355 e. The molecular formula is C16H22BrNOS. The van der Waals surface area contributed by atoms with Crippen molar-refractivity contribution in [3.63, 3.8) is 0 Å². The number of hydrogen-bond acceptors (Lipinski definition) is 2. The SMILES string of the molecule is CC(C)(CCCBr)CNC(=O)C1CSc2ccccc21. The molecule has 0 aliphatic carbocycles. The second kappa shape index (κ2) is 6.99. The van der Waals surface area contributed by atoms with Gasteiger partial charge in [0, 0.05) is 22.5 Å². The number of rotatable bonds is 6. The Labute approximate surface area is 134 Å². The zero-order valence-electron chi connectivity index (χ0n) is 12.1. The first-order chi connectivity index (χ1) is 9.53. The first kappa shape index (κ1) is 15.9. The average molecular weight is 356 g/mol. The minimum atomic E-state index is 0.0168. The van der Waals surface area contributed by atoms with E-state index in [1.165, 1.54) is 10.5 Å². The molecule has 1 N–H and O–H groups in total. The Hall–Kier alpha value is -0.480. The van der Waals surface area contributed by atoms with Gasteiger partial charge in [0.2, 0.25) is 5.91 Å². The van der Waals surface area contributed by atoms with Crippen molar-refractivity contribution in [1.29, 1.82) is 0 Å². The van der Waals surface area contributed by atoms with E-state index in [2.05, 4.69) is 47.2 Å². The molecule has 0 saturated heterocycles. The van der Waals surface area contributed by atoms with E-state index in [0.717, 1.165) is 30.5 Å². The van der Waals surface area contributed by atoms with Crippen LogP contribution in [-0.4, -0.2) is 23.5 Å². The number of fused-ring (bicyclic) bond motifs is 1. The van der Waals surface area contributed by atoms with Gasteiger partial charge in [-0.15, -0.1) is 11.8 Å². The average Bonchev–Trinajstić information content (AvgIpc) is 2.87. The van der Waals surface area contributed by atoms with Crippen LogP contribution in [0.15, 0.2) is 29.2 Å². The third-order valence-electron chi connectivity index (χ3n) is 3.74. The number of hydrogen-bond donors (Lipinski definition) is 1. The Morgan fingerprint density at radius 3 is 2.95 bits per heavy atom. The number of carbonyl (C=O) groups excluding carboxylic acids is 1. The van der Waals surface area contributed by atoms with E-state index in [4.69, 9.17) is 0 Å². The van der Waals surface area contributed by atoms with Crippen LogP contribution >= 0.6 is 27.7 Å². The molecule has 20 heavy (non-hydrogen) atoms. The van der Waals surface area contributed by atoms with E-state index in [0.29, 0.717) is 0 Å². The molecule has 1 heterocycles. The van der Waals surface area contributed by atoms with Gasteiger partial charge in [0.1, 0.15) is 0 Å². The zero-order valence-corrected chi connectivity index (χ0v) is 14.5. The lowest BCUT2D eigenvalue weighted by Gasteiger charge is -2.25. The fraction of sp³-hybridized carbons (Fsp3) is 0.562. The van der Waals surface area contributed by atoms with Gasteiger partial charge < -0.3 is 5.32 Å². The van der Waals surface area contributed by atoms with Crippen LogP contribution in [-0.2, 0) is 4.79 Å². The molecule has 1 aliphatic heterocycles. The van der Waals surface area contributed by atoms with Crippen molar-refractivity contribution >= 4 is 33.6 Å². The Bertz CT molecular complexity index is 475. The van der Waals surface area contributed by atoms with E-state index in [9.17, 15) is 4.79 Å². The molecule has 4 heteroatoms. The molecular weight excluding hydrogens is 334 g/mol. The fourth-order valence-corrected chi connectivity index (χ4v) is 3.97. The maximum absolute atomic E-state index is 12.4. The quantitative estimate of drug-likeness (QED) is 0.775. The summed E-state index contributed by atoms with van der Waals surface area (Å²) >= 11 is 5.25. The predicted molar refractivity (Wildman–Crippen MR) is 89.7 cm³/mol. The summed E-state index contributed by atoms with van der Waals surface area (Å²) in [4.78, 5) is 13.7. The number of carbonyl (C=O) groups is 1. The van der Waals surface area contributed by atoms with E-state index >= 15 is 0 Å². The third kappa shape index (κ3) is 4.01. The molecule has 0 bridgehead atoms. The zero-order chi connectivity index (χ0) is 14.6. The van der Waals surface area contributed by atoms with Crippen molar-refractivity contribution in [2.24, 2.45) is 5.41 Å². The monoisotopic (exact) mass is 355 g/mol. The Morgan fingerprint density at radius 2 is 2.20 bits per heavy atom. The van der Waals surface area contributed by atoms with Gasteiger partial charge in [0.05, 0.1) is 5.92 Å². The number of amides is 1. The summed E-state index contributed by atoms with van der Waals surface area (Å²) < 4.78 is 0. The van der Waals surface area contributed by atoms with Gasteiger partial charge >= 0.3 is 0 Å². The molecule has 0 radical (unpaired) electrons. The topological polar surface area (TPSA) is 29.1 Å². The van der Waals surface area contributed by atoms with Gasteiger partial charge in [0.25, 0.3) is 0 Å². The molecule has 0 saturated carbocycles. The van der Waals surface area contributed by atoms with Crippen LogP contribution in [0.2, 0.25) is 0 Å². The second-order valence-corrected chi connectivity index (χ2v) is 7.93. The minimum Gasteiger partial charge on any atom is -0.355 e. The Kier molecular flexibility index (Phi) is 5.56. The van der Waals surface area contributed by atoms with Gasteiger partial charge in [-0.25, -0.2) is 0 Å². The normalized spacial score (nSPS) is 17.9. The lowest BCUT2D eigenvalue weighted by molar-refractivity contribution is -0.122. The maximum Gasteiger partial charge on any atom is 0.228 e. The molecule has 1 amide bonds. The van der Waals surface area contributed by atoms with Crippen molar-refractivity contribution in [3.8, 4) is 0 Å². The van der Waals surface area contributed by atoms with Crippen molar-refractivity contribution < 1.29 is 4.79 Å². The van der Waals surface area contributed by atoms with Crippen LogP contribution in [0.25, 0.3) is 0 Å². The molecule has 1 aromatic carbocycles.